The molecule has 4 heteroatoms. The van der Waals surface area contributed by atoms with Crippen LogP contribution in [-0.4, -0.2) is 18.6 Å². The molecule has 1 N–H and O–H groups in total. The summed E-state index contributed by atoms with van der Waals surface area (Å²) in [7, 11) is 0. The maximum Gasteiger partial charge on any atom is 0.250 e. The van der Waals surface area contributed by atoms with Gasteiger partial charge in [0.25, 0.3) is 0 Å². The first kappa shape index (κ1) is 12.6. The van der Waals surface area contributed by atoms with E-state index in [1.807, 2.05) is 31.2 Å². The zero-order valence-corrected chi connectivity index (χ0v) is 10.3. The highest BCUT2D eigenvalue weighted by atomic mass is 16.5. The Balaban J connectivity index is 2.03. The van der Waals surface area contributed by atoms with Gasteiger partial charge in [0, 0.05) is 6.61 Å². The summed E-state index contributed by atoms with van der Waals surface area (Å²) in [5.41, 5.74) is 1.93. The molecule has 0 aromatic heterocycles. The molecule has 1 heterocycles. The molecule has 0 aliphatic carbocycles. The molecule has 1 aromatic rings. The minimum Gasteiger partial charge on any atom is -0.368 e. The van der Waals surface area contributed by atoms with Gasteiger partial charge in [0.15, 0.2) is 0 Å². The molecule has 1 saturated heterocycles. The summed E-state index contributed by atoms with van der Waals surface area (Å²) in [6.07, 6.45) is 1.24. The Bertz CT molecular complexity index is 456. The first-order chi connectivity index (χ1) is 8.70. The van der Waals surface area contributed by atoms with Crippen molar-refractivity contribution >= 4 is 5.91 Å². The largest absolute Gasteiger partial charge is 0.368 e. The molecule has 1 aliphatic heterocycles. The SMILES string of the molecule is Cc1ccc(C(C#N)NC(=O)C2CCCO2)cc1. The molecule has 2 unspecified atom stereocenters. The highest BCUT2D eigenvalue weighted by molar-refractivity contribution is 5.81. The molecule has 0 saturated carbocycles. The third-order valence-corrected chi connectivity index (χ3v) is 3.05. The van der Waals surface area contributed by atoms with Gasteiger partial charge >= 0.3 is 0 Å². The van der Waals surface area contributed by atoms with Gasteiger partial charge in [0.1, 0.15) is 12.1 Å². The lowest BCUT2D eigenvalue weighted by Gasteiger charge is -2.15. The van der Waals surface area contributed by atoms with E-state index < -0.39 is 12.1 Å². The number of benzene rings is 1. The van der Waals surface area contributed by atoms with Crippen molar-refractivity contribution in [2.75, 3.05) is 6.61 Å². The van der Waals surface area contributed by atoms with E-state index in [0.29, 0.717) is 6.61 Å². The van der Waals surface area contributed by atoms with E-state index in [1.54, 1.807) is 0 Å². The lowest BCUT2D eigenvalue weighted by atomic mass is 10.1. The fraction of sp³-hybridized carbons (Fsp3) is 0.429. The lowest BCUT2D eigenvalue weighted by Crippen LogP contribution is -2.36. The van der Waals surface area contributed by atoms with Crippen LogP contribution < -0.4 is 5.32 Å². The van der Waals surface area contributed by atoms with Crippen LogP contribution in [0.3, 0.4) is 0 Å². The Morgan fingerprint density at radius 2 is 2.22 bits per heavy atom. The molecule has 2 rings (SSSR count). The molecule has 2 atom stereocenters. The highest BCUT2D eigenvalue weighted by Gasteiger charge is 2.25. The van der Waals surface area contributed by atoms with Crippen molar-refractivity contribution in [3.63, 3.8) is 0 Å². The summed E-state index contributed by atoms with van der Waals surface area (Å²) in [5.74, 6) is -0.195. The van der Waals surface area contributed by atoms with Crippen molar-refractivity contribution in [1.82, 2.24) is 5.32 Å². The molecule has 1 amide bonds. The Kier molecular flexibility index (Phi) is 3.96. The normalized spacial score (nSPS) is 20.1. The molecule has 0 radical (unpaired) electrons. The highest BCUT2D eigenvalue weighted by Crippen LogP contribution is 2.16. The summed E-state index contributed by atoms with van der Waals surface area (Å²) < 4.78 is 5.29. The number of rotatable bonds is 3. The quantitative estimate of drug-likeness (QED) is 0.882. The Labute approximate surface area is 107 Å². The van der Waals surface area contributed by atoms with Crippen LogP contribution in [0.4, 0.5) is 0 Å². The summed E-state index contributed by atoms with van der Waals surface area (Å²) in [5, 5.41) is 11.9. The molecule has 0 spiro atoms. The van der Waals surface area contributed by atoms with Crippen LogP contribution in [0.2, 0.25) is 0 Å². The second kappa shape index (κ2) is 5.65. The van der Waals surface area contributed by atoms with E-state index in [1.165, 1.54) is 0 Å². The van der Waals surface area contributed by atoms with Crippen LogP contribution in [-0.2, 0) is 9.53 Å². The molecule has 0 bridgehead atoms. The number of hydrogen-bond acceptors (Lipinski definition) is 3. The number of hydrogen-bond donors (Lipinski definition) is 1. The van der Waals surface area contributed by atoms with Gasteiger partial charge in [-0.25, -0.2) is 0 Å². The maximum absolute atomic E-state index is 11.9. The van der Waals surface area contributed by atoms with Crippen LogP contribution in [0.1, 0.15) is 30.0 Å². The van der Waals surface area contributed by atoms with Crippen LogP contribution in [0.5, 0.6) is 0 Å². The van der Waals surface area contributed by atoms with Crippen LogP contribution in [0.25, 0.3) is 0 Å². The molecule has 4 nitrogen and oxygen atoms in total. The fourth-order valence-electron chi connectivity index (χ4n) is 1.97. The standard InChI is InChI=1S/C14H16N2O2/c1-10-4-6-11(7-5-10)12(9-15)16-14(17)13-3-2-8-18-13/h4-7,12-13H,2-3,8H2,1H3,(H,16,17). The Morgan fingerprint density at radius 3 is 2.78 bits per heavy atom. The summed E-state index contributed by atoms with van der Waals surface area (Å²) in [6.45, 7) is 2.61. The van der Waals surface area contributed by atoms with Gasteiger partial charge in [-0.3, -0.25) is 4.79 Å². The number of amides is 1. The van der Waals surface area contributed by atoms with E-state index in [-0.39, 0.29) is 5.91 Å². The van der Waals surface area contributed by atoms with Gasteiger partial charge in [-0.2, -0.15) is 5.26 Å². The van der Waals surface area contributed by atoms with Crippen molar-refractivity contribution in [1.29, 1.82) is 5.26 Å². The van der Waals surface area contributed by atoms with E-state index >= 15 is 0 Å². The van der Waals surface area contributed by atoms with Crippen LogP contribution in [0.15, 0.2) is 24.3 Å². The second-order valence-electron chi connectivity index (χ2n) is 4.48. The Hall–Kier alpha value is -1.86. The summed E-state index contributed by atoms with van der Waals surface area (Å²) >= 11 is 0. The molecule has 1 fully saturated rings. The van der Waals surface area contributed by atoms with Gasteiger partial charge in [0.05, 0.1) is 6.07 Å². The second-order valence-corrected chi connectivity index (χ2v) is 4.48. The van der Waals surface area contributed by atoms with Crippen molar-refractivity contribution in [3.05, 3.63) is 35.4 Å². The zero-order valence-electron chi connectivity index (χ0n) is 10.3. The number of ether oxygens (including phenoxy) is 1. The fourth-order valence-corrected chi connectivity index (χ4v) is 1.97. The average molecular weight is 244 g/mol. The van der Waals surface area contributed by atoms with E-state index in [9.17, 15) is 4.79 Å². The smallest absolute Gasteiger partial charge is 0.250 e. The van der Waals surface area contributed by atoms with Gasteiger partial charge < -0.3 is 10.1 Å². The van der Waals surface area contributed by atoms with E-state index in [4.69, 9.17) is 10.00 Å². The molecule has 1 aliphatic rings. The Morgan fingerprint density at radius 1 is 1.50 bits per heavy atom. The number of nitriles is 1. The monoisotopic (exact) mass is 244 g/mol. The average Bonchev–Trinajstić information content (AvgIpc) is 2.91. The summed E-state index contributed by atoms with van der Waals surface area (Å²) in [6, 6.07) is 9.07. The number of nitrogens with one attached hydrogen (secondary N) is 1. The third-order valence-electron chi connectivity index (χ3n) is 3.05. The first-order valence-electron chi connectivity index (χ1n) is 6.09. The number of carbonyl (C=O) groups excluding carboxylic acids is 1. The number of aryl methyl sites for hydroxylation is 1. The molecule has 18 heavy (non-hydrogen) atoms. The number of carbonyl (C=O) groups is 1. The molecular formula is C14H16N2O2. The van der Waals surface area contributed by atoms with Crippen LogP contribution in [0, 0.1) is 18.3 Å². The van der Waals surface area contributed by atoms with Gasteiger partial charge in [-0.05, 0) is 25.3 Å². The lowest BCUT2D eigenvalue weighted by molar-refractivity contribution is -0.130. The van der Waals surface area contributed by atoms with Crippen molar-refractivity contribution in [3.8, 4) is 6.07 Å². The summed E-state index contributed by atoms with van der Waals surface area (Å²) in [4.78, 5) is 11.9. The minimum absolute atomic E-state index is 0.195. The molecular weight excluding hydrogens is 228 g/mol. The first-order valence-corrected chi connectivity index (χ1v) is 6.09. The number of nitrogens with zero attached hydrogens (tertiary/aromatic N) is 1. The van der Waals surface area contributed by atoms with Gasteiger partial charge in [-0.15, -0.1) is 0 Å². The third kappa shape index (κ3) is 2.88. The van der Waals surface area contributed by atoms with Gasteiger partial charge in [-0.1, -0.05) is 29.8 Å². The predicted molar refractivity (Wildman–Crippen MR) is 66.6 cm³/mol. The molecule has 1 aromatic carbocycles. The predicted octanol–water partition coefficient (Wildman–Crippen LogP) is 1.85. The van der Waals surface area contributed by atoms with E-state index in [2.05, 4.69) is 11.4 Å². The zero-order chi connectivity index (χ0) is 13.0. The van der Waals surface area contributed by atoms with Crippen LogP contribution >= 0.6 is 0 Å². The van der Waals surface area contributed by atoms with Crippen molar-refractivity contribution < 1.29 is 9.53 Å². The van der Waals surface area contributed by atoms with E-state index in [0.717, 1.165) is 24.0 Å². The topological polar surface area (TPSA) is 62.1 Å². The minimum atomic E-state index is -0.609. The maximum atomic E-state index is 11.9. The molecule has 94 valence electrons. The van der Waals surface area contributed by atoms with Gasteiger partial charge in [0.2, 0.25) is 5.91 Å². The van der Waals surface area contributed by atoms with Crippen molar-refractivity contribution in [2.24, 2.45) is 0 Å². The van der Waals surface area contributed by atoms with Crippen molar-refractivity contribution in [2.45, 2.75) is 31.9 Å².